The maximum absolute atomic E-state index is 13.3. The molecule has 226 valence electrons. The van der Waals surface area contributed by atoms with Crippen molar-refractivity contribution in [2.75, 3.05) is 6.54 Å². The Labute approximate surface area is 259 Å². The first-order chi connectivity index (χ1) is 21.4. The molecule has 9 nitrogen and oxygen atoms in total. The van der Waals surface area contributed by atoms with Crippen molar-refractivity contribution in [1.82, 2.24) is 21.3 Å². The molecule has 0 radical (unpaired) electrons. The third-order valence-electron chi connectivity index (χ3n) is 7.57. The van der Waals surface area contributed by atoms with Gasteiger partial charge in [0.05, 0.1) is 28.7 Å². The first kappa shape index (κ1) is 32.0. The molecule has 4 atom stereocenters. The number of benzene rings is 2. The van der Waals surface area contributed by atoms with Gasteiger partial charge in [-0.3, -0.25) is 4.79 Å². The van der Waals surface area contributed by atoms with Crippen LogP contribution in [-0.4, -0.2) is 54.3 Å². The van der Waals surface area contributed by atoms with E-state index >= 15 is 0 Å². The van der Waals surface area contributed by atoms with Crippen LogP contribution in [0.2, 0.25) is 0 Å². The topological polar surface area (TPSA) is 133 Å². The van der Waals surface area contributed by atoms with Gasteiger partial charge >= 0.3 is 0 Å². The fraction of sp³-hybridized carbons (Fsp3) is 0.324. The number of fused-ring (bicyclic) bond motifs is 1. The van der Waals surface area contributed by atoms with E-state index < -0.39 is 18.1 Å². The highest BCUT2D eigenvalue weighted by atomic mass is 32.1. The van der Waals surface area contributed by atoms with Crippen LogP contribution in [0, 0.1) is 11.8 Å². The van der Waals surface area contributed by atoms with Gasteiger partial charge in [-0.2, -0.15) is 0 Å². The summed E-state index contributed by atoms with van der Waals surface area (Å²) in [5, 5.41) is 13.2. The average Bonchev–Trinajstić information content (AvgIpc) is 3.68. The second-order valence-electron chi connectivity index (χ2n) is 11.0. The number of carbonyl (C=O) groups excluding carboxylic acids is 5. The Hall–Kier alpha value is -4.93. The van der Waals surface area contributed by atoms with Crippen molar-refractivity contribution in [2.24, 2.45) is 11.8 Å². The quantitative estimate of drug-likeness (QED) is 0.204. The van der Waals surface area contributed by atoms with Gasteiger partial charge in [0.25, 0.3) is 5.91 Å². The lowest BCUT2D eigenvalue weighted by molar-refractivity contribution is 0.0936. The second kappa shape index (κ2) is 15.5. The van der Waals surface area contributed by atoms with Gasteiger partial charge in [-0.15, -0.1) is 11.3 Å². The average molecular weight is 611 g/mol. The maximum Gasteiger partial charge on any atom is 0.261 e. The van der Waals surface area contributed by atoms with E-state index in [1.54, 1.807) is 5.94 Å². The summed E-state index contributed by atoms with van der Waals surface area (Å²) in [6.45, 7) is 4.35. The van der Waals surface area contributed by atoms with Crippen molar-refractivity contribution >= 4 is 51.1 Å². The predicted octanol–water partition coefficient (Wildman–Crippen LogP) is 3.35. The number of hydrogen-bond acceptors (Lipinski definition) is 9. The minimum absolute atomic E-state index is 0.0681. The minimum atomic E-state index is -0.792. The SMILES string of the molecule is CC(C)[C@H](NC(=O)c1cc2ccccc2s1)C(=C=O)N[C@@H](Cc1ccccc1)C(=C=O)N[C@H](C=C=O)C[C@@H]1CCNC1=C=O. The molecule has 0 bridgehead atoms. The van der Waals surface area contributed by atoms with Gasteiger partial charge in [-0.05, 0) is 48.3 Å². The van der Waals surface area contributed by atoms with E-state index in [2.05, 4.69) is 21.3 Å². The van der Waals surface area contributed by atoms with E-state index in [1.807, 2.05) is 92.3 Å². The smallest absolute Gasteiger partial charge is 0.261 e. The van der Waals surface area contributed by atoms with Gasteiger partial charge in [-0.25, -0.2) is 19.2 Å². The van der Waals surface area contributed by atoms with Crippen LogP contribution in [0.1, 0.15) is 41.9 Å². The van der Waals surface area contributed by atoms with Gasteiger partial charge in [0.2, 0.25) is 0 Å². The summed E-state index contributed by atoms with van der Waals surface area (Å²) >= 11 is 1.36. The van der Waals surface area contributed by atoms with Gasteiger partial charge < -0.3 is 21.3 Å². The van der Waals surface area contributed by atoms with Gasteiger partial charge in [-0.1, -0.05) is 62.4 Å². The number of thiophene rings is 1. The number of carbonyl (C=O) groups is 1. The standard InChI is InChI=1S/C34H34N4O5S/c1-22(2)33(38-34(43)32-18-25-10-6-7-11-31(25)44-32)30(21-42)37-27(16-23-8-4-3-5-9-23)29(20-41)36-26(13-15-39)17-24-12-14-35-28(24)19-40/h3-11,13,18,22,24,26-27,33,35-37H,12,14,16-17H2,1-2H3,(H,38,43)/t24-,26+,27-,33-/m0/s1. The molecule has 44 heavy (non-hydrogen) atoms. The number of hydrogen-bond donors (Lipinski definition) is 4. The highest BCUT2D eigenvalue weighted by molar-refractivity contribution is 7.20. The van der Waals surface area contributed by atoms with Gasteiger partial charge in [0.1, 0.15) is 35.2 Å². The van der Waals surface area contributed by atoms with E-state index in [4.69, 9.17) is 0 Å². The molecule has 4 N–H and O–H groups in total. The van der Waals surface area contributed by atoms with Crippen molar-refractivity contribution in [3.8, 4) is 0 Å². The molecular weight excluding hydrogens is 576 g/mol. The molecule has 1 aliphatic rings. The van der Waals surface area contributed by atoms with Crippen LogP contribution in [-0.2, 0) is 25.6 Å². The number of rotatable bonds is 14. The van der Waals surface area contributed by atoms with Crippen LogP contribution < -0.4 is 21.3 Å². The molecule has 3 aromatic rings. The van der Waals surface area contributed by atoms with Gasteiger partial charge in [0.15, 0.2) is 0 Å². The minimum Gasteiger partial charge on any atom is -0.379 e. The van der Waals surface area contributed by atoms with Crippen LogP contribution >= 0.6 is 11.3 Å². The Bertz CT molecular complexity index is 1640. The molecule has 1 fully saturated rings. The normalized spacial score (nSPS) is 15.9. The first-order valence-corrected chi connectivity index (χ1v) is 15.2. The zero-order valence-corrected chi connectivity index (χ0v) is 25.3. The molecular formula is C34H34N4O5S. The number of allylic oxidation sites excluding steroid dienone is 1. The number of nitrogens with one attached hydrogen (secondary N) is 4. The van der Waals surface area contributed by atoms with E-state index in [1.165, 1.54) is 17.4 Å². The Kier molecular flexibility index (Phi) is 11.3. The molecule has 1 amide bonds. The summed E-state index contributed by atoms with van der Waals surface area (Å²) < 4.78 is 0.973. The lowest BCUT2D eigenvalue weighted by atomic mass is 9.95. The highest BCUT2D eigenvalue weighted by Gasteiger charge is 2.30. The first-order valence-electron chi connectivity index (χ1n) is 14.4. The fourth-order valence-corrected chi connectivity index (χ4v) is 6.27. The van der Waals surface area contributed by atoms with Crippen LogP contribution in [0.25, 0.3) is 10.1 Å². The summed E-state index contributed by atoms with van der Waals surface area (Å²) in [6, 6.07) is 16.7. The zero-order valence-electron chi connectivity index (χ0n) is 24.5. The van der Waals surface area contributed by atoms with E-state index in [0.29, 0.717) is 30.0 Å². The molecule has 0 aliphatic carbocycles. The molecule has 4 rings (SSSR count). The van der Waals surface area contributed by atoms with E-state index in [9.17, 15) is 24.0 Å². The third kappa shape index (κ3) is 8.12. The van der Waals surface area contributed by atoms with Crippen molar-refractivity contribution in [3.05, 3.63) is 94.3 Å². The molecule has 2 aromatic carbocycles. The maximum atomic E-state index is 13.3. The van der Waals surface area contributed by atoms with E-state index in [0.717, 1.165) is 15.6 Å². The molecule has 0 spiro atoms. The molecule has 0 unspecified atom stereocenters. The summed E-state index contributed by atoms with van der Waals surface area (Å²) in [7, 11) is 0. The van der Waals surface area contributed by atoms with E-state index in [-0.39, 0.29) is 35.6 Å². The van der Waals surface area contributed by atoms with Crippen LogP contribution in [0.5, 0.6) is 0 Å². The fourth-order valence-electron chi connectivity index (χ4n) is 5.31. The molecule has 0 saturated carbocycles. The predicted molar refractivity (Wildman–Crippen MR) is 171 cm³/mol. The number of amides is 1. The van der Waals surface area contributed by atoms with Crippen molar-refractivity contribution in [2.45, 2.75) is 51.2 Å². The molecule has 1 aromatic heterocycles. The van der Waals surface area contributed by atoms with Crippen LogP contribution in [0.4, 0.5) is 0 Å². The molecule has 1 aliphatic heterocycles. The van der Waals surface area contributed by atoms with Crippen molar-refractivity contribution in [1.29, 1.82) is 0 Å². The third-order valence-corrected chi connectivity index (χ3v) is 8.68. The van der Waals surface area contributed by atoms with Crippen molar-refractivity contribution < 1.29 is 24.0 Å². The lowest BCUT2D eigenvalue weighted by Gasteiger charge is -2.29. The van der Waals surface area contributed by atoms with Crippen molar-refractivity contribution in [3.63, 3.8) is 0 Å². The summed E-state index contributed by atoms with van der Waals surface area (Å²) in [4.78, 5) is 61.4. The summed E-state index contributed by atoms with van der Waals surface area (Å²) in [6.07, 6.45) is 2.55. The Balaban J connectivity index is 1.59. The van der Waals surface area contributed by atoms with Crippen LogP contribution in [0.3, 0.4) is 0 Å². The van der Waals surface area contributed by atoms with Crippen LogP contribution in [0.15, 0.2) is 83.8 Å². The Morgan fingerprint density at radius 3 is 2.36 bits per heavy atom. The highest BCUT2D eigenvalue weighted by Crippen LogP contribution is 2.26. The molecule has 10 heteroatoms. The lowest BCUT2D eigenvalue weighted by Crippen LogP contribution is -2.49. The Morgan fingerprint density at radius 2 is 1.70 bits per heavy atom. The Morgan fingerprint density at radius 1 is 0.977 bits per heavy atom. The molecule has 2 heterocycles. The largest absolute Gasteiger partial charge is 0.379 e. The summed E-state index contributed by atoms with van der Waals surface area (Å²) in [5.74, 6) is 6.90. The monoisotopic (exact) mass is 610 g/mol. The molecule has 1 saturated heterocycles. The second-order valence-corrected chi connectivity index (χ2v) is 12.0. The van der Waals surface area contributed by atoms with Gasteiger partial charge in [0, 0.05) is 23.2 Å². The zero-order chi connectivity index (χ0) is 31.5. The summed E-state index contributed by atoms with van der Waals surface area (Å²) in [5.41, 5.74) is 1.43.